The molecule has 0 atom stereocenters. The standard InChI is InChI=1S/C11H13BrN4O/c1-8-3-4-9(12)7-10(8)11(17)14-5-2-6-15-16-13/h3-4,7H,2,5-6H2,1H3,(H,14,17). The average Bonchev–Trinajstić information content (AvgIpc) is 2.32. The molecule has 0 radical (unpaired) electrons. The molecule has 0 saturated carbocycles. The minimum atomic E-state index is -0.107. The number of benzene rings is 1. The van der Waals surface area contributed by atoms with Crippen molar-refractivity contribution in [1.29, 1.82) is 0 Å². The fraction of sp³-hybridized carbons (Fsp3) is 0.364. The van der Waals surface area contributed by atoms with Gasteiger partial charge in [-0.05, 0) is 36.6 Å². The SMILES string of the molecule is Cc1ccc(Br)cc1C(=O)NCCCN=[N+]=[N-]. The van der Waals surface area contributed by atoms with E-state index in [1.54, 1.807) is 6.07 Å². The molecule has 0 aliphatic rings. The zero-order valence-corrected chi connectivity index (χ0v) is 11.1. The first-order valence-electron chi connectivity index (χ1n) is 5.20. The van der Waals surface area contributed by atoms with Crippen molar-refractivity contribution in [2.75, 3.05) is 13.1 Å². The minimum Gasteiger partial charge on any atom is -0.352 e. The Morgan fingerprint density at radius 2 is 2.35 bits per heavy atom. The van der Waals surface area contributed by atoms with Gasteiger partial charge in [-0.25, -0.2) is 0 Å². The van der Waals surface area contributed by atoms with Gasteiger partial charge in [-0.15, -0.1) is 0 Å². The van der Waals surface area contributed by atoms with Gasteiger partial charge in [-0.2, -0.15) is 0 Å². The van der Waals surface area contributed by atoms with Gasteiger partial charge in [0.15, 0.2) is 0 Å². The van der Waals surface area contributed by atoms with Crippen LogP contribution in [0.25, 0.3) is 10.4 Å². The molecule has 0 unspecified atom stereocenters. The topological polar surface area (TPSA) is 77.9 Å². The Hall–Kier alpha value is -1.52. The third-order valence-electron chi connectivity index (χ3n) is 2.23. The van der Waals surface area contributed by atoms with Crippen LogP contribution in [-0.2, 0) is 0 Å². The number of hydrogen-bond acceptors (Lipinski definition) is 2. The second kappa shape index (κ2) is 6.93. The van der Waals surface area contributed by atoms with E-state index in [9.17, 15) is 4.79 Å². The molecule has 1 amide bonds. The number of aryl methyl sites for hydroxylation is 1. The lowest BCUT2D eigenvalue weighted by molar-refractivity contribution is 0.0953. The fourth-order valence-corrected chi connectivity index (χ4v) is 1.69. The normalized spacial score (nSPS) is 9.53. The van der Waals surface area contributed by atoms with Crippen molar-refractivity contribution in [3.8, 4) is 0 Å². The van der Waals surface area contributed by atoms with Crippen LogP contribution in [-0.4, -0.2) is 19.0 Å². The van der Waals surface area contributed by atoms with Crippen molar-refractivity contribution in [2.24, 2.45) is 5.11 Å². The van der Waals surface area contributed by atoms with Gasteiger partial charge in [-0.1, -0.05) is 27.1 Å². The van der Waals surface area contributed by atoms with Gasteiger partial charge in [0.05, 0.1) is 0 Å². The molecule has 0 aromatic heterocycles. The third kappa shape index (κ3) is 4.46. The lowest BCUT2D eigenvalue weighted by atomic mass is 10.1. The Balaban J connectivity index is 2.52. The first-order chi connectivity index (χ1) is 8.15. The summed E-state index contributed by atoms with van der Waals surface area (Å²) in [6.07, 6.45) is 0.642. The number of azide groups is 1. The Labute approximate surface area is 108 Å². The van der Waals surface area contributed by atoms with Crippen molar-refractivity contribution in [1.82, 2.24) is 5.32 Å². The largest absolute Gasteiger partial charge is 0.352 e. The molecule has 0 saturated heterocycles. The maximum Gasteiger partial charge on any atom is 0.251 e. The maximum atomic E-state index is 11.8. The number of halogens is 1. The fourth-order valence-electron chi connectivity index (χ4n) is 1.33. The van der Waals surface area contributed by atoms with Crippen molar-refractivity contribution < 1.29 is 4.79 Å². The van der Waals surface area contributed by atoms with Crippen molar-refractivity contribution in [3.05, 3.63) is 44.2 Å². The van der Waals surface area contributed by atoms with Crippen LogP contribution in [0.1, 0.15) is 22.3 Å². The zero-order valence-electron chi connectivity index (χ0n) is 9.48. The molecule has 5 nitrogen and oxygen atoms in total. The highest BCUT2D eigenvalue weighted by molar-refractivity contribution is 9.10. The molecular formula is C11H13BrN4O. The molecule has 0 fully saturated rings. The van der Waals surface area contributed by atoms with Gasteiger partial charge in [0.25, 0.3) is 5.91 Å². The Morgan fingerprint density at radius 3 is 3.06 bits per heavy atom. The van der Waals surface area contributed by atoms with E-state index < -0.39 is 0 Å². The number of carbonyl (C=O) groups is 1. The second-order valence-corrected chi connectivity index (χ2v) is 4.44. The molecule has 1 rings (SSSR count). The number of carbonyl (C=O) groups excluding carboxylic acids is 1. The molecule has 1 aromatic carbocycles. The van der Waals surface area contributed by atoms with E-state index in [0.717, 1.165) is 10.0 Å². The number of hydrogen-bond donors (Lipinski definition) is 1. The van der Waals surface area contributed by atoms with Gasteiger partial charge in [0, 0.05) is 28.0 Å². The Kier molecular flexibility index (Phi) is 5.52. The molecule has 1 N–H and O–H groups in total. The van der Waals surface area contributed by atoms with Crippen molar-refractivity contribution in [3.63, 3.8) is 0 Å². The lowest BCUT2D eigenvalue weighted by Gasteiger charge is -2.07. The predicted octanol–water partition coefficient (Wildman–Crippen LogP) is 3.19. The molecule has 90 valence electrons. The van der Waals surface area contributed by atoms with E-state index in [1.807, 2.05) is 19.1 Å². The minimum absolute atomic E-state index is 0.107. The summed E-state index contributed by atoms with van der Waals surface area (Å²) < 4.78 is 0.877. The van der Waals surface area contributed by atoms with Gasteiger partial charge < -0.3 is 5.32 Å². The second-order valence-electron chi connectivity index (χ2n) is 3.52. The van der Waals surface area contributed by atoms with Crippen LogP contribution < -0.4 is 5.32 Å². The van der Waals surface area contributed by atoms with Crippen molar-refractivity contribution in [2.45, 2.75) is 13.3 Å². The predicted molar refractivity (Wildman–Crippen MR) is 69.8 cm³/mol. The highest BCUT2D eigenvalue weighted by atomic mass is 79.9. The maximum absolute atomic E-state index is 11.8. The summed E-state index contributed by atoms with van der Waals surface area (Å²) in [6.45, 7) is 2.79. The summed E-state index contributed by atoms with van der Waals surface area (Å²) in [5, 5.41) is 6.18. The van der Waals surface area contributed by atoms with Crippen molar-refractivity contribution >= 4 is 21.8 Å². The first-order valence-corrected chi connectivity index (χ1v) is 5.99. The summed E-state index contributed by atoms with van der Waals surface area (Å²) in [7, 11) is 0. The van der Waals surface area contributed by atoms with Crippen LogP contribution in [0.15, 0.2) is 27.8 Å². The molecule has 6 heteroatoms. The number of rotatable bonds is 5. The third-order valence-corrected chi connectivity index (χ3v) is 2.72. The molecule has 0 spiro atoms. The number of nitrogens with zero attached hydrogens (tertiary/aromatic N) is 3. The average molecular weight is 297 g/mol. The molecule has 0 aliphatic carbocycles. The summed E-state index contributed by atoms with van der Waals surface area (Å²) in [5.74, 6) is -0.107. The first kappa shape index (κ1) is 13.5. The Bertz CT molecular complexity index is 455. The molecule has 0 heterocycles. The number of nitrogens with one attached hydrogen (secondary N) is 1. The van der Waals surface area contributed by atoms with Crippen LogP contribution in [0.5, 0.6) is 0 Å². The molecule has 1 aromatic rings. The highest BCUT2D eigenvalue weighted by Gasteiger charge is 2.08. The quantitative estimate of drug-likeness (QED) is 0.385. The summed E-state index contributed by atoms with van der Waals surface area (Å²) in [5.41, 5.74) is 9.67. The van der Waals surface area contributed by atoms with Gasteiger partial charge in [0.2, 0.25) is 0 Å². The molecule has 0 aliphatic heterocycles. The van der Waals surface area contributed by atoms with Gasteiger partial charge in [0.1, 0.15) is 0 Å². The van der Waals surface area contributed by atoms with E-state index in [-0.39, 0.29) is 5.91 Å². The summed E-state index contributed by atoms with van der Waals surface area (Å²) >= 11 is 3.33. The van der Waals surface area contributed by atoms with Crippen LogP contribution in [0.3, 0.4) is 0 Å². The Morgan fingerprint density at radius 1 is 1.59 bits per heavy atom. The van der Waals surface area contributed by atoms with Crippen LogP contribution in [0.4, 0.5) is 0 Å². The van der Waals surface area contributed by atoms with E-state index in [2.05, 4.69) is 31.3 Å². The van der Waals surface area contributed by atoms with Crippen LogP contribution in [0, 0.1) is 6.92 Å². The van der Waals surface area contributed by atoms with Crippen LogP contribution >= 0.6 is 15.9 Å². The molecule has 0 bridgehead atoms. The lowest BCUT2D eigenvalue weighted by Crippen LogP contribution is -2.25. The van der Waals surface area contributed by atoms with Gasteiger partial charge in [-0.3, -0.25) is 4.79 Å². The van der Waals surface area contributed by atoms with E-state index >= 15 is 0 Å². The van der Waals surface area contributed by atoms with Gasteiger partial charge >= 0.3 is 0 Å². The molecular weight excluding hydrogens is 284 g/mol. The number of amides is 1. The van der Waals surface area contributed by atoms with E-state index in [1.165, 1.54) is 0 Å². The summed E-state index contributed by atoms with van der Waals surface area (Å²) in [6, 6.07) is 5.57. The highest BCUT2D eigenvalue weighted by Crippen LogP contribution is 2.15. The smallest absolute Gasteiger partial charge is 0.251 e. The van der Waals surface area contributed by atoms with Crippen LogP contribution in [0.2, 0.25) is 0 Å². The monoisotopic (exact) mass is 296 g/mol. The summed E-state index contributed by atoms with van der Waals surface area (Å²) in [4.78, 5) is 14.5. The molecule has 17 heavy (non-hydrogen) atoms. The van der Waals surface area contributed by atoms with E-state index in [0.29, 0.717) is 25.1 Å². The van der Waals surface area contributed by atoms with E-state index in [4.69, 9.17) is 5.53 Å². The zero-order chi connectivity index (χ0) is 12.7.